The lowest BCUT2D eigenvalue weighted by Gasteiger charge is -2.36. The Morgan fingerprint density at radius 3 is 2.84 bits per heavy atom. The molecular weight excluding hydrogens is 238 g/mol. The van der Waals surface area contributed by atoms with Crippen molar-refractivity contribution in [1.29, 1.82) is 0 Å². The summed E-state index contributed by atoms with van der Waals surface area (Å²) in [6, 6.07) is 3.22. The molecule has 19 heavy (non-hydrogen) atoms. The van der Waals surface area contributed by atoms with E-state index in [0.717, 1.165) is 18.2 Å². The van der Waals surface area contributed by atoms with Crippen molar-refractivity contribution in [3.63, 3.8) is 0 Å². The van der Waals surface area contributed by atoms with Crippen LogP contribution in [0.3, 0.4) is 0 Å². The quantitative estimate of drug-likeness (QED) is 0.887. The number of anilines is 2. The van der Waals surface area contributed by atoms with Gasteiger partial charge in [-0.1, -0.05) is 0 Å². The van der Waals surface area contributed by atoms with Crippen molar-refractivity contribution in [1.82, 2.24) is 9.97 Å². The SMILES string of the molecule is CN(c1cc(N2CCCC2CN)ncn1)C1CCC1. The Kier molecular flexibility index (Phi) is 3.55. The van der Waals surface area contributed by atoms with Crippen LogP contribution in [0.2, 0.25) is 0 Å². The van der Waals surface area contributed by atoms with Gasteiger partial charge in [-0.25, -0.2) is 9.97 Å². The predicted octanol–water partition coefficient (Wildman–Crippen LogP) is 1.39. The highest BCUT2D eigenvalue weighted by atomic mass is 15.3. The fourth-order valence-electron chi connectivity index (χ4n) is 3.03. The van der Waals surface area contributed by atoms with Gasteiger partial charge in [0, 0.05) is 38.3 Å². The topological polar surface area (TPSA) is 58.3 Å². The zero-order chi connectivity index (χ0) is 13.2. The third kappa shape index (κ3) is 2.39. The molecule has 2 N–H and O–H groups in total. The van der Waals surface area contributed by atoms with Crippen LogP contribution >= 0.6 is 0 Å². The summed E-state index contributed by atoms with van der Waals surface area (Å²) in [4.78, 5) is 13.5. The highest BCUT2D eigenvalue weighted by Crippen LogP contribution is 2.29. The van der Waals surface area contributed by atoms with Crippen molar-refractivity contribution in [3.8, 4) is 0 Å². The Morgan fingerprint density at radius 1 is 1.32 bits per heavy atom. The van der Waals surface area contributed by atoms with Gasteiger partial charge in [0.2, 0.25) is 0 Å². The smallest absolute Gasteiger partial charge is 0.134 e. The van der Waals surface area contributed by atoms with E-state index in [1.54, 1.807) is 6.33 Å². The fourth-order valence-corrected chi connectivity index (χ4v) is 3.03. The highest BCUT2D eigenvalue weighted by molar-refractivity contribution is 5.51. The molecule has 104 valence electrons. The van der Waals surface area contributed by atoms with E-state index in [1.165, 1.54) is 32.1 Å². The molecule has 2 fully saturated rings. The second-order valence-corrected chi connectivity index (χ2v) is 5.66. The Morgan fingerprint density at radius 2 is 2.16 bits per heavy atom. The molecule has 1 aromatic heterocycles. The van der Waals surface area contributed by atoms with Crippen LogP contribution < -0.4 is 15.5 Å². The van der Waals surface area contributed by atoms with E-state index in [0.29, 0.717) is 18.6 Å². The molecule has 3 rings (SSSR count). The zero-order valence-electron chi connectivity index (χ0n) is 11.6. The Labute approximate surface area is 114 Å². The van der Waals surface area contributed by atoms with Crippen LogP contribution in [0.1, 0.15) is 32.1 Å². The molecule has 0 bridgehead atoms. The van der Waals surface area contributed by atoms with Gasteiger partial charge < -0.3 is 15.5 Å². The largest absolute Gasteiger partial charge is 0.357 e. The van der Waals surface area contributed by atoms with Gasteiger partial charge in [0.05, 0.1) is 0 Å². The van der Waals surface area contributed by atoms with Crippen LogP contribution in [0.5, 0.6) is 0 Å². The maximum absolute atomic E-state index is 5.84. The van der Waals surface area contributed by atoms with Gasteiger partial charge in [-0.2, -0.15) is 0 Å². The average molecular weight is 261 g/mol. The molecule has 1 saturated heterocycles. The third-order valence-corrected chi connectivity index (χ3v) is 4.57. The molecule has 0 amide bonds. The lowest BCUT2D eigenvalue weighted by molar-refractivity contribution is 0.399. The van der Waals surface area contributed by atoms with E-state index >= 15 is 0 Å². The Balaban J connectivity index is 1.79. The lowest BCUT2D eigenvalue weighted by Crippen LogP contribution is -2.38. The third-order valence-electron chi connectivity index (χ3n) is 4.57. The number of nitrogens with zero attached hydrogens (tertiary/aromatic N) is 4. The second-order valence-electron chi connectivity index (χ2n) is 5.66. The molecule has 0 radical (unpaired) electrons. The maximum Gasteiger partial charge on any atom is 0.134 e. The highest BCUT2D eigenvalue weighted by Gasteiger charge is 2.26. The summed E-state index contributed by atoms with van der Waals surface area (Å²) in [5.41, 5.74) is 5.84. The summed E-state index contributed by atoms with van der Waals surface area (Å²) in [7, 11) is 2.14. The first-order valence-corrected chi connectivity index (χ1v) is 7.31. The van der Waals surface area contributed by atoms with Crippen molar-refractivity contribution < 1.29 is 0 Å². The summed E-state index contributed by atoms with van der Waals surface area (Å²) in [6.45, 7) is 1.77. The van der Waals surface area contributed by atoms with Gasteiger partial charge in [0.1, 0.15) is 18.0 Å². The van der Waals surface area contributed by atoms with Crippen LogP contribution in [0.25, 0.3) is 0 Å². The van der Waals surface area contributed by atoms with Crippen molar-refractivity contribution in [2.24, 2.45) is 5.73 Å². The zero-order valence-corrected chi connectivity index (χ0v) is 11.6. The van der Waals surface area contributed by atoms with Crippen molar-refractivity contribution in [2.75, 3.05) is 29.9 Å². The number of hydrogen-bond acceptors (Lipinski definition) is 5. The van der Waals surface area contributed by atoms with Crippen LogP contribution in [-0.2, 0) is 0 Å². The number of hydrogen-bond donors (Lipinski definition) is 1. The van der Waals surface area contributed by atoms with E-state index in [2.05, 4.69) is 32.9 Å². The van der Waals surface area contributed by atoms with Crippen LogP contribution in [0.15, 0.2) is 12.4 Å². The van der Waals surface area contributed by atoms with E-state index in [9.17, 15) is 0 Å². The minimum atomic E-state index is 0.441. The fraction of sp³-hybridized carbons (Fsp3) is 0.714. The first kappa shape index (κ1) is 12.7. The molecule has 0 aromatic carbocycles. The van der Waals surface area contributed by atoms with Gasteiger partial charge >= 0.3 is 0 Å². The van der Waals surface area contributed by atoms with Crippen molar-refractivity contribution >= 4 is 11.6 Å². The van der Waals surface area contributed by atoms with Crippen LogP contribution in [0.4, 0.5) is 11.6 Å². The minimum absolute atomic E-state index is 0.441. The van der Waals surface area contributed by atoms with Gasteiger partial charge in [-0.05, 0) is 32.1 Å². The molecule has 1 aliphatic carbocycles. The van der Waals surface area contributed by atoms with Crippen LogP contribution in [-0.4, -0.2) is 42.2 Å². The maximum atomic E-state index is 5.84. The van der Waals surface area contributed by atoms with Gasteiger partial charge in [-0.15, -0.1) is 0 Å². The molecule has 1 aliphatic heterocycles. The standard InChI is InChI=1S/C14H23N5/c1-18(11-4-2-5-11)13-8-14(17-10-16-13)19-7-3-6-12(19)9-15/h8,10-12H,2-7,9,15H2,1H3. The summed E-state index contributed by atoms with van der Waals surface area (Å²) in [5.74, 6) is 2.07. The lowest BCUT2D eigenvalue weighted by atomic mass is 9.92. The summed E-state index contributed by atoms with van der Waals surface area (Å²) >= 11 is 0. The molecule has 1 atom stereocenters. The van der Waals surface area contributed by atoms with Gasteiger partial charge in [0.25, 0.3) is 0 Å². The Hall–Kier alpha value is -1.36. The van der Waals surface area contributed by atoms with E-state index in [1.807, 2.05) is 0 Å². The van der Waals surface area contributed by atoms with Crippen molar-refractivity contribution in [2.45, 2.75) is 44.2 Å². The van der Waals surface area contributed by atoms with Gasteiger partial charge in [-0.3, -0.25) is 0 Å². The van der Waals surface area contributed by atoms with Gasteiger partial charge in [0.15, 0.2) is 0 Å². The molecule has 2 aliphatic rings. The second kappa shape index (κ2) is 5.33. The summed E-state index contributed by atoms with van der Waals surface area (Å²) < 4.78 is 0. The number of nitrogens with two attached hydrogens (primary N) is 1. The first-order chi connectivity index (χ1) is 9.29. The molecule has 0 spiro atoms. The molecule has 1 unspecified atom stereocenters. The molecule has 1 aromatic rings. The molecule has 1 saturated carbocycles. The first-order valence-electron chi connectivity index (χ1n) is 7.31. The molecule has 5 heteroatoms. The summed E-state index contributed by atoms with van der Waals surface area (Å²) in [6.07, 6.45) is 7.98. The van der Waals surface area contributed by atoms with E-state index < -0.39 is 0 Å². The monoisotopic (exact) mass is 261 g/mol. The van der Waals surface area contributed by atoms with Crippen LogP contribution in [0, 0.1) is 0 Å². The predicted molar refractivity (Wildman–Crippen MR) is 77.5 cm³/mol. The molecule has 5 nitrogen and oxygen atoms in total. The number of aromatic nitrogens is 2. The van der Waals surface area contributed by atoms with Crippen molar-refractivity contribution in [3.05, 3.63) is 12.4 Å². The normalized spacial score (nSPS) is 23.5. The van der Waals surface area contributed by atoms with E-state index in [4.69, 9.17) is 5.73 Å². The molecule has 2 heterocycles. The number of rotatable bonds is 4. The average Bonchev–Trinajstić information content (AvgIpc) is 2.85. The molecular formula is C14H23N5. The minimum Gasteiger partial charge on any atom is -0.357 e. The van der Waals surface area contributed by atoms with E-state index in [-0.39, 0.29) is 0 Å². The summed E-state index contributed by atoms with van der Waals surface area (Å²) in [5, 5.41) is 0. The Bertz CT molecular complexity index is 432.